The fourth-order valence-electron chi connectivity index (χ4n) is 3.82. The maximum Gasteiger partial charge on any atom is 0.254 e. The zero-order chi connectivity index (χ0) is 19.7. The highest BCUT2D eigenvalue weighted by Crippen LogP contribution is 2.48. The van der Waals surface area contributed by atoms with Crippen molar-refractivity contribution in [2.45, 2.75) is 12.3 Å². The Bertz CT molecular complexity index is 943. The molecule has 1 aliphatic carbocycles. The van der Waals surface area contributed by atoms with Crippen LogP contribution < -0.4 is 0 Å². The molecule has 4 rings (SSSR count). The zero-order valence-corrected chi connectivity index (χ0v) is 15.3. The van der Waals surface area contributed by atoms with E-state index in [4.69, 9.17) is 5.26 Å². The van der Waals surface area contributed by atoms with Crippen molar-refractivity contribution in [2.75, 3.05) is 26.2 Å². The largest absolute Gasteiger partial charge is 0.339 e. The van der Waals surface area contributed by atoms with Gasteiger partial charge in [0.05, 0.1) is 11.6 Å². The van der Waals surface area contributed by atoms with Gasteiger partial charge in [0.2, 0.25) is 5.91 Å². The van der Waals surface area contributed by atoms with E-state index >= 15 is 0 Å². The van der Waals surface area contributed by atoms with Gasteiger partial charge in [0.1, 0.15) is 5.82 Å². The predicted octanol–water partition coefficient (Wildman–Crippen LogP) is 2.79. The first-order chi connectivity index (χ1) is 13.6. The molecular formula is C22H20FN3O2. The molecule has 0 radical (unpaired) electrons. The van der Waals surface area contributed by atoms with E-state index in [-0.39, 0.29) is 29.5 Å². The minimum absolute atomic E-state index is 0.0416. The summed E-state index contributed by atoms with van der Waals surface area (Å²) >= 11 is 0. The molecule has 0 bridgehead atoms. The summed E-state index contributed by atoms with van der Waals surface area (Å²) in [6, 6.07) is 15.1. The number of nitrogens with zero attached hydrogens (tertiary/aromatic N) is 3. The normalized spacial score (nSPS) is 21.1. The lowest BCUT2D eigenvalue weighted by molar-refractivity contribution is -0.134. The fraction of sp³-hybridized carbons (Fsp3) is 0.318. The smallest absolute Gasteiger partial charge is 0.254 e. The van der Waals surface area contributed by atoms with Crippen molar-refractivity contribution >= 4 is 11.8 Å². The van der Waals surface area contributed by atoms with Crippen molar-refractivity contribution in [3.05, 3.63) is 71.0 Å². The maximum atomic E-state index is 13.1. The number of benzene rings is 2. The fourth-order valence-corrected chi connectivity index (χ4v) is 3.82. The lowest BCUT2D eigenvalue weighted by atomic mass is 10.1. The Morgan fingerprint density at radius 2 is 1.68 bits per heavy atom. The topological polar surface area (TPSA) is 64.4 Å². The maximum absolute atomic E-state index is 13.1. The highest BCUT2D eigenvalue weighted by Gasteiger charge is 2.46. The van der Waals surface area contributed by atoms with Crippen molar-refractivity contribution in [3.8, 4) is 6.07 Å². The first-order valence-corrected chi connectivity index (χ1v) is 9.40. The zero-order valence-electron chi connectivity index (χ0n) is 15.3. The van der Waals surface area contributed by atoms with Crippen LogP contribution >= 0.6 is 0 Å². The molecule has 2 aromatic rings. The Morgan fingerprint density at radius 3 is 2.36 bits per heavy atom. The molecule has 1 aliphatic heterocycles. The summed E-state index contributed by atoms with van der Waals surface area (Å²) in [5.74, 6) is -0.136. The van der Waals surface area contributed by atoms with Crippen LogP contribution in [0.25, 0.3) is 0 Å². The average molecular weight is 377 g/mol. The molecule has 28 heavy (non-hydrogen) atoms. The quantitative estimate of drug-likeness (QED) is 0.826. The van der Waals surface area contributed by atoms with Crippen LogP contribution in [0.5, 0.6) is 0 Å². The van der Waals surface area contributed by atoms with Crippen molar-refractivity contribution in [3.63, 3.8) is 0 Å². The molecule has 2 aromatic carbocycles. The summed E-state index contributed by atoms with van der Waals surface area (Å²) in [6.45, 7) is 1.98. The molecular weight excluding hydrogens is 357 g/mol. The minimum Gasteiger partial charge on any atom is -0.339 e. The second kappa shape index (κ2) is 7.43. The second-order valence-electron chi connectivity index (χ2n) is 7.31. The molecule has 1 saturated carbocycles. The highest BCUT2D eigenvalue weighted by atomic mass is 19.1. The van der Waals surface area contributed by atoms with Crippen LogP contribution in [0.4, 0.5) is 4.39 Å². The van der Waals surface area contributed by atoms with Crippen LogP contribution in [0.2, 0.25) is 0 Å². The van der Waals surface area contributed by atoms with Gasteiger partial charge in [-0.2, -0.15) is 5.26 Å². The lowest BCUT2D eigenvalue weighted by Gasteiger charge is -2.35. The minimum atomic E-state index is -0.270. The number of amides is 2. The van der Waals surface area contributed by atoms with Crippen LogP contribution in [-0.4, -0.2) is 47.8 Å². The molecule has 2 fully saturated rings. The molecule has 6 heteroatoms. The molecule has 0 aromatic heterocycles. The highest BCUT2D eigenvalue weighted by molar-refractivity contribution is 5.94. The van der Waals surface area contributed by atoms with Crippen LogP contribution in [0.1, 0.15) is 33.8 Å². The number of carbonyl (C=O) groups is 2. The second-order valence-corrected chi connectivity index (χ2v) is 7.31. The third kappa shape index (κ3) is 3.61. The molecule has 1 saturated heterocycles. The molecule has 5 nitrogen and oxygen atoms in total. The van der Waals surface area contributed by atoms with Crippen molar-refractivity contribution in [1.29, 1.82) is 5.26 Å². The van der Waals surface area contributed by atoms with Crippen molar-refractivity contribution in [2.24, 2.45) is 5.92 Å². The third-order valence-corrected chi connectivity index (χ3v) is 5.52. The van der Waals surface area contributed by atoms with Gasteiger partial charge < -0.3 is 9.80 Å². The summed E-state index contributed by atoms with van der Waals surface area (Å²) in [7, 11) is 0. The first kappa shape index (κ1) is 18.2. The summed E-state index contributed by atoms with van der Waals surface area (Å²) in [4.78, 5) is 28.9. The van der Waals surface area contributed by atoms with Gasteiger partial charge in [-0.05, 0) is 48.2 Å². The van der Waals surface area contributed by atoms with E-state index in [0.29, 0.717) is 37.3 Å². The number of halogens is 1. The SMILES string of the molecule is N#Cc1cccc(C(=O)N2CCN(C(=O)[C@@H]3C[C@@H]3c3ccc(F)cc3)CC2)c1. The van der Waals surface area contributed by atoms with Crippen LogP contribution in [0.3, 0.4) is 0 Å². The van der Waals surface area contributed by atoms with Gasteiger partial charge in [0.15, 0.2) is 0 Å². The Labute approximate surface area is 163 Å². The van der Waals surface area contributed by atoms with E-state index in [9.17, 15) is 14.0 Å². The molecule has 0 spiro atoms. The molecule has 0 unspecified atom stereocenters. The molecule has 142 valence electrons. The van der Waals surface area contributed by atoms with Gasteiger partial charge in [-0.1, -0.05) is 18.2 Å². The average Bonchev–Trinajstić information content (AvgIpc) is 3.54. The van der Waals surface area contributed by atoms with Gasteiger partial charge in [0.25, 0.3) is 5.91 Å². The Kier molecular flexibility index (Phi) is 4.82. The molecule has 0 N–H and O–H groups in total. The standard InChI is InChI=1S/C22H20FN3O2/c23-18-6-4-16(5-7-18)19-13-20(19)22(28)26-10-8-25(9-11-26)21(27)17-3-1-2-15(12-17)14-24/h1-7,12,19-20H,8-11,13H2/t19-,20-/m1/s1. The van der Waals surface area contributed by atoms with E-state index in [2.05, 4.69) is 0 Å². The summed E-state index contributed by atoms with van der Waals surface area (Å²) in [5, 5.41) is 8.99. The Hall–Kier alpha value is -3.20. The summed E-state index contributed by atoms with van der Waals surface area (Å²) < 4.78 is 13.1. The van der Waals surface area contributed by atoms with E-state index < -0.39 is 0 Å². The molecule has 2 amide bonds. The monoisotopic (exact) mass is 377 g/mol. The Morgan fingerprint density at radius 1 is 1.00 bits per heavy atom. The first-order valence-electron chi connectivity index (χ1n) is 9.40. The van der Waals surface area contributed by atoms with E-state index in [1.165, 1.54) is 12.1 Å². The van der Waals surface area contributed by atoms with Crippen LogP contribution in [0, 0.1) is 23.1 Å². The number of piperazine rings is 1. The van der Waals surface area contributed by atoms with Crippen molar-refractivity contribution < 1.29 is 14.0 Å². The van der Waals surface area contributed by atoms with Gasteiger partial charge in [-0.25, -0.2) is 4.39 Å². The van der Waals surface area contributed by atoms with Crippen molar-refractivity contribution in [1.82, 2.24) is 9.80 Å². The van der Waals surface area contributed by atoms with E-state index in [0.717, 1.165) is 12.0 Å². The molecule has 1 heterocycles. The van der Waals surface area contributed by atoms with Crippen LogP contribution in [0.15, 0.2) is 48.5 Å². The van der Waals surface area contributed by atoms with Crippen LogP contribution in [-0.2, 0) is 4.79 Å². The third-order valence-electron chi connectivity index (χ3n) is 5.52. The van der Waals surface area contributed by atoms with E-state index in [1.54, 1.807) is 41.3 Å². The molecule has 2 aliphatic rings. The van der Waals surface area contributed by atoms with Gasteiger partial charge in [0, 0.05) is 37.7 Å². The summed E-state index contributed by atoms with van der Waals surface area (Å²) in [5.41, 5.74) is 1.96. The number of rotatable bonds is 3. The van der Waals surface area contributed by atoms with E-state index in [1.807, 2.05) is 11.0 Å². The van der Waals surface area contributed by atoms with Gasteiger partial charge in [-0.3, -0.25) is 9.59 Å². The molecule has 2 atom stereocenters. The lowest BCUT2D eigenvalue weighted by Crippen LogP contribution is -2.51. The predicted molar refractivity (Wildman–Crippen MR) is 101 cm³/mol. The number of hydrogen-bond donors (Lipinski definition) is 0. The number of hydrogen-bond acceptors (Lipinski definition) is 3. The number of carbonyl (C=O) groups excluding carboxylic acids is 2. The Balaban J connectivity index is 1.33. The van der Waals surface area contributed by atoms with Gasteiger partial charge in [-0.15, -0.1) is 0 Å². The van der Waals surface area contributed by atoms with Gasteiger partial charge >= 0.3 is 0 Å². The number of nitriles is 1. The summed E-state index contributed by atoms with van der Waals surface area (Å²) in [6.07, 6.45) is 0.796.